The predicted octanol–water partition coefficient (Wildman–Crippen LogP) is 4.87. The molecule has 0 N–H and O–H groups in total. The van der Waals surface area contributed by atoms with Crippen molar-refractivity contribution in [3.8, 4) is 0 Å². The Labute approximate surface area is 117 Å². The van der Waals surface area contributed by atoms with Gasteiger partial charge in [-0.15, -0.1) is 0 Å². The van der Waals surface area contributed by atoms with Gasteiger partial charge in [0.15, 0.2) is 0 Å². The maximum Gasteiger partial charge on any atom is 0.0190 e. The van der Waals surface area contributed by atoms with E-state index in [-0.39, 0.29) is 0 Å². The summed E-state index contributed by atoms with van der Waals surface area (Å²) in [6.45, 7) is 0. The first-order valence-electron chi connectivity index (χ1n) is 6.22. The van der Waals surface area contributed by atoms with E-state index in [0.717, 1.165) is 23.0 Å². The third-order valence-electron chi connectivity index (χ3n) is 3.19. The molecule has 2 heteroatoms. The standard InChI is InChI=1S/C16H16S2/c1-2-4-16-12-18-10-14-7-5-13(6-8-14)9-17-11-15(16)3-1/h1-8H,9-12H2. The van der Waals surface area contributed by atoms with E-state index in [1.165, 1.54) is 22.3 Å². The molecule has 2 bridgehead atoms. The van der Waals surface area contributed by atoms with Crippen LogP contribution in [0.5, 0.6) is 0 Å². The Balaban J connectivity index is 1.85. The van der Waals surface area contributed by atoms with E-state index in [4.69, 9.17) is 0 Å². The number of hydrogen-bond acceptors (Lipinski definition) is 2. The minimum absolute atomic E-state index is 1.11. The number of thioether (sulfide) groups is 2. The van der Waals surface area contributed by atoms with Crippen LogP contribution in [0.25, 0.3) is 0 Å². The molecular formula is C16H16S2. The Morgan fingerprint density at radius 1 is 0.556 bits per heavy atom. The van der Waals surface area contributed by atoms with Crippen LogP contribution < -0.4 is 0 Å². The van der Waals surface area contributed by atoms with Gasteiger partial charge in [0.25, 0.3) is 0 Å². The van der Waals surface area contributed by atoms with Crippen molar-refractivity contribution in [3.05, 3.63) is 70.8 Å². The number of rotatable bonds is 0. The van der Waals surface area contributed by atoms with Gasteiger partial charge in [0.05, 0.1) is 0 Å². The van der Waals surface area contributed by atoms with Crippen LogP contribution in [-0.4, -0.2) is 0 Å². The lowest BCUT2D eigenvalue weighted by molar-refractivity contribution is 1.25. The fourth-order valence-electron chi connectivity index (χ4n) is 2.13. The van der Waals surface area contributed by atoms with Gasteiger partial charge >= 0.3 is 0 Å². The fraction of sp³-hybridized carbons (Fsp3) is 0.250. The molecule has 0 nitrogen and oxygen atoms in total. The van der Waals surface area contributed by atoms with Crippen molar-refractivity contribution < 1.29 is 0 Å². The van der Waals surface area contributed by atoms with E-state index in [1.807, 2.05) is 23.5 Å². The van der Waals surface area contributed by atoms with Crippen LogP contribution in [0.2, 0.25) is 0 Å². The van der Waals surface area contributed by atoms with Crippen molar-refractivity contribution in [3.63, 3.8) is 0 Å². The number of hydrogen-bond donors (Lipinski definition) is 0. The predicted molar refractivity (Wildman–Crippen MR) is 82.9 cm³/mol. The molecule has 2 aromatic carbocycles. The molecule has 2 heterocycles. The molecule has 2 aromatic rings. The first-order chi connectivity index (χ1) is 8.92. The van der Waals surface area contributed by atoms with Crippen LogP contribution in [0.1, 0.15) is 22.3 Å². The van der Waals surface area contributed by atoms with Crippen molar-refractivity contribution >= 4 is 23.5 Å². The highest BCUT2D eigenvalue weighted by atomic mass is 32.2. The maximum absolute atomic E-state index is 2.27. The monoisotopic (exact) mass is 272 g/mol. The molecule has 2 aliphatic rings. The second kappa shape index (κ2) is 5.85. The van der Waals surface area contributed by atoms with Crippen LogP contribution in [-0.2, 0) is 23.0 Å². The average Bonchev–Trinajstić information content (AvgIpc) is 2.40. The molecule has 0 atom stereocenters. The lowest BCUT2D eigenvalue weighted by atomic mass is 10.1. The highest BCUT2D eigenvalue weighted by Gasteiger charge is 2.05. The van der Waals surface area contributed by atoms with E-state index in [1.54, 1.807) is 0 Å². The number of fused-ring (bicyclic) bond motifs is 6. The highest BCUT2D eigenvalue weighted by Crippen LogP contribution is 2.26. The fourth-order valence-corrected chi connectivity index (χ4v) is 4.19. The molecule has 0 saturated heterocycles. The summed E-state index contributed by atoms with van der Waals surface area (Å²) >= 11 is 4.02. The minimum atomic E-state index is 1.11. The second-order valence-corrected chi connectivity index (χ2v) is 6.54. The summed E-state index contributed by atoms with van der Waals surface area (Å²) in [5, 5.41) is 0. The zero-order valence-electron chi connectivity index (χ0n) is 10.3. The molecule has 2 aliphatic heterocycles. The van der Waals surface area contributed by atoms with Crippen molar-refractivity contribution in [1.29, 1.82) is 0 Å². The largest absolute Gasteiger partial charge is 0.152 e. The molecule has 0 aliphatic carbocycles. The lowest BCUT2D eigenvalue weighted by Gasteiger charge is -2.11. The van der Waals surface area contributed by atoms with Gasteiger partial charge in [0.2, 0.25) is 0 Å². The first kappa shape index (κ1) is 12.2. The van der Waals surface area contributed by atoms with Crippen molar-refractivity contribution in [2.24, 2.45) is 0 Å². The van der Waals surface area contributed by atoms with Gasteiger partial charge in [0, 0.05) is 23.0 Å². The molecule has 0 amide bonds. The van der Waals surface area contributed by atoms with Gasteiger partial charge < -0.3 is 0 Å². The Kier molecular flexibility index (Phi) is 3.96. The van der Waals surface area contributed by atoms with Crippen molar-refractivity contribution in [1.82, 2.24) is 0 Å². The summed E-state index contributed by atoms with van der Waals surface area (Å²) in [5.41, 5.74) is 5.88. The summed E-state index contributed by atoms with van der Waals surface area (Å²) in [6.07, 6.45) is 0. The third kappa shape index (κ3) is 2.93. The van der Waals surface area contributed by atoms with Crippen molar-refractivity contribution in [2.75, 3.05) is 0 Å². The van der Waals surface area contributed by atoms with Gasteiger partial charge in [-0.05, 0) is 22.3 Å². The van der Waals surface area contributed by atoms with Crippen LogP contribution in [0.3, 0.4) is 0 Å². The molecule has 18 heavy (non-hydrogen) atoms. The molecule has 4 rings (SSSR count). The molecular weight excluding hydrogens is 256 g/mol. The van der Waals surface area contributed by atoms with E-state index < -0.39 is 0 Å². The smallest absolute Gasteiger partial charge is 0.0190 e. The topological polar surface area (TPSA) is 0 Å². The number of benzene rings is 2. The summed E-state index contributed by atoms with van der Waals surface area (Å²) in [6, 6.07) is 18.0. The Morgan fingerprint density at radius 2 is 1.00 bits per heavy atom. The van der Waals surface area contributed by atoms with E-state index in [9.17, 15) is 0 Å². The highest BCUT2D eigenvalue weighted by molar-refractivity contribution is 7.98. The Bertz CT molecular complexity index is 469. The molecule has 0 fully saturated rings. The molecule has 0 spiro atoms. The van der Waals surface area contributed by atoms with E-state index >= 15 is 0 Å². The molecule has 0 radical (unpaired) electrons. The average molecular weight is 272 g/mol. The zero-order valence-corrected chi connectivity index (χ0v) is 11.9. The van der Waals surface area contributed by atoms with Crippen molar-refractivity contribution in [2.45, 2.75) is 23.0 Å². The molecule has 0 saturated carbocycles. The van der Waals surface area contributed by atoms with E-state index in [2.05, 4.69) is 48.5 Å². The Hall–Kier alpha value is -0.860. The van der Waals surface area contributed by atoms with Gasteiger partial charge in [-0.2, -0.15) is 23.5 Å². The molecule has 0 aromatic heterocycles. The summed E-state index contributed by atoms with van der Waals surface area (Å²) < 4.78 is 0. The molecule has 0 unspecified atom stereocenters. The van der Waals surface area contributed by atoms with Gasteiger partial charge in [-0.3, -0.25) is 0 Å². The summed E-state index contributed by atoms with van der Waals surface area (Å²) in [4.78, 5) is 0. The minimum Gasteiger partial charge on any atom is -0.152 e. The first-order valence-corrected chi connectivity index (χ1v) is 8.53. The normalized spacial score (nSPS) is 15.6. The quantitative estimate of drug-likeness (QED) is 0.671. The summed E-state index contributed by atoms with van der Waals surface area (Å²) in [5.74, 6) is 4.47. The maximum atomic E-state index is 2.27. The van der Waals surface area contributed by atoms with Crippen LogP contribution in [0.4, 0.5) is 0 Å². The summed E-state index contributed by atoms with van der Waals surface area (Å²) in [7, 11) is 0. The second-order valence-electron chi connectivity index (χ2n) is 4.57. The zero-order chi connectivity index (χ0) is 12.2. The lowest BCUT2D eigenvalue weighted by Crippen LogP contribution is -1.93. The van der Waals surface area contributed by atoms with Gasteiger partial charge in [0.1, 0.15) is 0 Å². The molecule has 92 valence electrons. The SMILES string of the molecule is c1ccc2c(c1)CSCc1ccc(cc1)CSC2. The van der Waals surface area contributed by atoms with Crippen LogP contribution in [0.15, 0.2) is 48.5 Å². The third-order valence-corrected chi connectivity index (χ3v) is 5.30. The van der Waals surface area contributed by atoms with Crippen LogP contribution >= 0.6 is 23.5 Å². The van der Waals surface area contributed by atoms with Crippen LogP contribution in [0, 0.1) is 0 Å². The van der Waals surface area contributed by atoms with Gasteiger partial charge in [-0.1, -0.05) is 48.5 Å². The van der Waals surface area contributed by atoms with E-state index in [0.29, 0.717) is 0 Å². The Morgan fingerprint density at radius 3 is 1.44 bits per heavy atom. The van der Waals surface area contributed by atoms with Gasteiger partial charge in [-0.25, -0.2) is 0 Å².